The highest BCUT2D eigenvalue weighted by molar-refractivity contribution is 6.00. The molecule has 0 bridgehead atoms. The highest BCUT2D eigenvalue weighted by Gasteiger charge is 2.30. The first-order valence-corrected chi connectivity index (χ1v) is 3.94. The van der Waals surface area contributed by atoms with E-state index in [9.17, 15) is 9.59 Å². The predicted molar refractivity (Wildman–Crippen MR) is 48.1 cm³/mol. The molecule has 0 aromatic heterocycles. The second-order valence-electron chi connectivity index (χ2n) is 3.88. The van der Waals surface area contributed by atoms with Gasteiger partial charge in [-0.1, -0.05) is 0 Å². The molecule has 76 valence electrons. The highest BCUT2D eigenvalue weighted by Crippen LogP contribution is 2.11. The summed E-state index contributed by atoms with van der Waals surface area (Å²) in [4.78, 5) is 23.1. The average Bonchev–Trinajstić information content (AvgIpc) is 1.98. The number of amides is 1. The van der Waals surface area contributed by atoms with Crippen LogP contribution in [0, 0.1) is 0 Å². The highest BCUT2D eigenvalue weighted by atomic mass is 16.4. The maximum Gasteiger partial charge on any atom is 0.330 e. The van der Waals surface area contributed by atoms with Crippen LogP contribution in [0.1, 0.15) is 20.8 Å². The Morgan fingerprint density at radius 1 is 1.38 bits per heavy atom. The molecule has 0 saturated carbocycles. The summed E-state index contributed by atoms with van der Waals surface area (Å²) in [5, 5.41) is 8.49. The van der Waals surface area contributed by atoms with Crippen LogP contribution in [0.15, 0.2) is 0 Å². The van der Waals surface area contributed by atoms with Gasteiger partial charge in [0.15, 0.2) is 6.04 Å². The molecule has 5 heteroatoms. The first-order chi connectivity index (χ1) is 5.68. The van der Waals surface area contributed by atoms with Crippen LogP contribution >= 0.6 is 0 Å². The Hall–Kier alpha value is -1.10. The van der Waals surface area contributed by atoms with Gasteiger partial charge in [0.05, 0.1) is 0 Å². The summed E-state index contributed by atoms with van der Waals surface area (Å²) in [6.07, 6.45) is 0. The third kappa shape index (κ3) is 3.02. The smallest absolute Gasteiger partial charge is 0.330 e. The topological polar surface area (TPSA) is 83.6 Å². The van der Waals surface area contributed by atoms with E-state index in [0.29, 0.717) is 0 Å². The minimum Gasteiger partial charge on any atom is -0.480 e. The van der Waals surface area contributed by atoms with Gasteiger partial charge in [-0.25, -0.2) is 4.79 Å². The number of likely N-dealkylation sites (N-methyl/N-ethyl adjacent to an activating group) is 1. The van der Waals surface area contributed by atoms with Crippen LogP contribution in [-0.4, -0.2) is 40.5 Å². The number of carbonyl (C=O) groups excluding carboxylic acids is 1. The van der Waals surface area contributed by atoms with Gasteiger partial charge in [0.1, 0.15) is 0 Å². The fourth-order valence-electron chi connectivity index (χ4n) is 0.645. The lowest BCUT2D eigenvalue weighted by molar-refractivity contribution is -0.147. The molecule has 13 heavy (non-hydrogen) atoms. The van der Waals surface area contributed by atoms with Crippen LogP contribution < -0.4 is 5.73 Å². The van der Waals surface area contributed by atoms with Crippen molar-refractivity contribution in [2.45, 2.75) is 32.4 Å². The van der Waals surface area contributed by atoms with Gasteiger partial charge in [-0.2, -0.15) is 0 Å². The van der Waals surface area contributed by atoms with Crippen molar-refractivity contribution < 1.29 is 14.7 Å². The van der Waals surface area contributed by atoms with Crippen molar-refractivity contribution in [3.8, 4) is 0 Å². The molecule has 0 spiro atoms. The fourth-order valence-corrected chi connectivity index (χ4v) is 0.645. The molecule has 5 nitrogen and oxygen atoms in total. The number of hydrogen-bond acceptors (Lipinski definition) is 3. The molecule has 0 saturated heterocycles. The number of aliphatic carboxylic acids is 1. The molecular weight excluding hydrogens is 172 g/mol. The molecule has 0 heterocycles. The zero-order valence-corrected chi connectivity index (χ0v) is 8.37. The summed E-state index contributed by atoms with van der Waals surface area (Å²) >= 11 is 0. The predicted octanol–water partition coefficient (Wildman–Crippen LogP) is -0.345. The molecule has 0 aliphatic carbocycles. The van der Waals surface area contributed by atoms with Gasteiger partial charge in [0.25, 0.3) is 5.91 Å². The minimum atomic E-state index is -1.47. The summed E-state index contributed by atoms with van der Waals surface area (Å²) in [5.41, 5.74) is 4.75. The molecule has 1 amide bonds. The van der Waals surface area contributed by atoms with Crippen LogP contribution in [0.4, 0.5) is 0 Å². The molecule has 0 aliphatic rings. The van der Waals surface area contributed by atoms with E-state index in [0.717, 1.165) is 0 Å². The average molecular weight is 188 g/mol. The Bertz CT molecular complexity index is 220. The molecule has 0 aliphatic heterocycles. The Morgan fingerprint density at radius 3 is 2.00 bits per heavy atom. The molecule has 0 rings (SSSR count). The maximum atomic E-state index is 11.4. The normalized spacial score (nSPS) is 13.6. The van der Waals surface area contributed by atoms with E-state index in [2.05, 4.69) is 0 Å². The summed E-state index contributed by atoms with van der Waals surface area (Å²) in [6.45, 7) is 5.42. The summed E-state index contributed by atoms with van der Waals surface area (Å²) in [7, 11) is 1.53. The van der Waals surface area contributed by atoms with Crippen LogP contribution in [0.5, 0.6) is 0 Å². The second kappa shape index (κ2) is 3.74. The van der Waals surface area contributed by atoms with Crippen molar-refractivity contribution in [3.63, 3.8) is 0 Å². The molecule has 3 N–H and O–H groups in total. The molecule has 1 unspecified atom stereocenters. The number of carbonyl (C=O) groups is 2. The summed E-state index contributed by atoms with van der Waals surface area (Å²) in [5.74, 6) is -1.89. The molecule has 0 fully saturated rings. The van der Waals surface area contributed by atoms with Gasteiger partial charge in [-0.3, -0.25) is 4.79 Å². The van der Waals surface area contributed by atoms with E-state index in [-0.39, 0.29) is 0 Å². The van der Waals surface area contributed by atoms with Crippen LogP contribution in [0.25, 0.3) is 0 Å². The van der Waals surface area contributed by atoms with Crippen molar-refractivity contribution in [2.24, 2.45) is 5.73 Å². The monoisotopic (exact) mass is 188 g/mol. The largest absolute Gasteiger partial charge is 0.480 e. The van der Waals surface area contributed by atoms with Crippen molar-refractivity contribution >= 4 is 11.9 Å². The molecule has 1 atom stereocenters. The Morgan fingerprint density at radius 2 is 1.77 bits per heavy atom. The summed E-state index contributed by atoms with van der Waals surface area (Å²) < 4.78 is 0. The maximum absolute atomic E-state index is 11.4. The zero-order valence-electron chi connectivity index (χ0n) is 8.37. The third-order valence-electron chi connectivity index (χ3n) is 1.87. The lowest BCUT2D eigenvalue weighted by Gasteiger charge is -2.32. The van der Waals surface area contributed by atoms with Gasteiger partial charge in [0.2, 0.25) is 0 Å². The minimum absolute atomic E-state index is 0.413. The van der Waals surface area contributed by atoms with E-state index >= 15 is 0 Å². The lowest BCUT2D eigenvalue weighted by atomic mass is 10.1. The summed E-state index contributed by atoms with van der Waals surface area (Å²) in [6, 6.07) is -1.47. The standard InChI is InChI=1S/C8H16N2O3/c1-8(2,3)10(4)6(11)5(9)7(12)13/h5H,9H2,1-4H3,(H,12,13). The third-order valence-corrected chi connectivity index (χ3v) is 1.87. The zero-order chi connectivity index (χ0) is 10.8. The number of hydrogen-bond donors (Lipinski definition) is 2. The molecule has 0 aromatic rings. The lowest BCUT2D eigenvalue weighted by Crippen LogP contribution is -2.52. The Balaban J connectivity index is 4.53. The van der Waals surface area contributed by atoms with Crippen LogP contribution in [0.3, 0.4) is 0 Å². The van der Waals surface area contributed by atoms with E-state index in [4.69, 9.17) is 10.8 Å². The van der Waals surface area contributed by atoms with E-state index < -0.39 is 23.5 Å². The molecular formula is C8H16N2O3. The first-order valence-electron chi connectivity index (χ1n) is 3.94. The number of rotatable bonds is 2. The number of carboxylic acid groups (broad SMARTS) is 1. The second-order valence-corrected chi connectivity index (χ2v) is 3.88. The molecule has 0 radical (unpaired) electrons. The van der Waals surface area contributed by atoms with Crippen molar-refractivity contribution in [2.75, 3.05) is 7.05 Å². The van der Waals surface area contributed by atoms with Crippen LogP contribution in [-0.2, 0) is 9.59 Å². The van der Waals surface area contributed by atoms with E-state index in [1.807, 2.05) is 0 Å². The van der Waals surface area contributed by atoms with E-state index in [1.165, 1.54) is 11.9 Å². The molecule has 0 aromatic carbocycles. The Kier molecular flexibility index (Phi) is 3.42. The fraction of sp³-hybridized carbons (Fsp3) is 0.750. The quantitative estimate of drug-likeness (QED) is 0.580. The number of nitrogens with two attached hydrogens (primary N) is 1. The van der Waals surface area contributed by atoms with Gasteiger partial charge in [-0.15, -0.1) is 0 Å². The van der Waals surface area contributed by atoms with Gasteiger partial charge in [0, 0.05) is 12.6 Å². The van der Waals surface area contributed by atoms with Gasteiger partial charge < -0.3 is 15.7 Å². The van der Waals surface area contributed by atoms with Crippen molar-refractivity contribution in [3.05, 3.63) is 0 Å². The Labute approximate surface area is 77.5 Å². The SMILES string of the molecule is CN(C(=O)C(N)C(=O)O)C(C)(C)C. The number of nitrogens with zero attached hydrogens (tertiary/aromatic N) is 1. The van der Waals surface area contributed by atoms with Crippen molar-refractivity contribution in [1.82, 2.24) is 4.90 Å². The van der Waals surface area contributed by atoms with Gasteiger partial charge in [-0.05, 0) is 20.8 Å². The van der Waals surface area contributed by atoms with Gasteiger partial charge >= 0.3 is 5.97 Å². The van der Waals surface area contributed by atoms with Crippen molar-refractivity contribution in [1.29, 1.82) is 0 Å². The van der Waals surface area contributed by atoms with Crippen LogP contribution in [0.2, 0.25) is 0 Å². The first kappa shape index (κ1) is 11.9. The van der Waals surface area contributed by atoms with E-state index in [1.54, 1.807) is 20.8 Å². The number of carboxylic acids is 1.